The van der Waals surface area contributed by atoms with Gasteiger partial charge in [-0.1, -0.05) is 129 Å². The van der Waals surface area contributed by atoms with E-state index in [2.05, 4.69) is 181 Å². The van der Waals surface area contributed by atoms with Crippen molar-refractivity contribution in [2.24, 2.45) is 0 Å². The zero-order valence-electron chi connectivity index (χ0n) is 30.7. The smallest absolute Gasteiger partial charge is 0.198 e. The van der Waals surface area contributed by atoms with Crippen molar-refractivity contribution < 1.29 is 4.42 Å². The van der Waals surface area contributed by atoms with E-state index < -0.39 is 0 Å². The van der Waals surface area contributed by atoms with Crippen LogP contribution in [0.2, 0.25) is 0 Å². The molecule has 12 rings (SSSR count). The van der Waals surface area contributed by atoms with Gasteiger partial charge in [0, 0.05) is 55.5 Å². The normalized spacial score (nSPS) is 13.6. The summed E-state index contributed by atoms with van der Waals surface area (Å²) in [6.45, 7) is 4.72. The molecule has 0 radical (unpaired) electrons. The SMILES string of the molecule is CC1(C)c2ccccc2-c2cc(-c3cc(-c4cc5c(cc4Nc4ccccc4)oc4ccccc45)c4c5c3c3ccccc3n5-c3ccccc3B4)ccc21. The summed E-state index contributed by atoms with van der Waals surface area (Å²) in [5.74, 6) is 0. The number of furan rings is 1. The maximum absolute atomic E-state index is 6.50. The zero-order valence-corrected chi connectivity index (χ0v) is 30.7. The average molecular weight is 703 g/mol. The van der Waals surface area contributed by atoms with Crippen LogP contribution in [-0.4, -0.2) is 11.8 Å². The second kappa shape index (κ2) is 11.1. The molecule has 0 spiro atoms. The third-order valence-corrected chi connectivity index (χ3v) is 12.4. The van der Waals surface area contributed by atoms with Gasteiger partial charge < -0.3 is 14.3 Å². The van der Waals surface area contributed by atoms with Crippen LogP contribution in [0.1, 0.15) is 25.0 Å². The van der Waals surface area contributed by atoms with E-state index in [1.165, 1.54) is 77.4 Å². The van der Waals surface area contributed by atoms with Crippen LogP contribution in [0.15, 0.2) is 168 Å². The molecule has 55 heavy (non-hydrogen) atoms. The lowest BCUT2D eigenvalue weighted by Gasteiger charge is -2.25. The molecule has 3 heterocycles. The minimum atomic E-state index is -0.0594. The van der Waals surface area contributed by atoms with Gasteiger partial charge >= 0.3 is 0 Å². The number of anilines is 2. The number of hydrogen-bond acceptors (Lipinski definition) is 2. The Bertz CT molecular complexity index is 3240. The molecule has 10 aromatic rings. The van der Waals surface area contributed by atoms with Gasteiger partial charge in [0.1, 0.15) is 11.2 Å². The first kappa shape index (κ1) is 30.7. The van der Waals surface area contributed by atoms with E-state index in [0.717, 1.165) is 46.2 Å². The zero-order chi connectivity index (χ0) is 36.4. The summed E-state index contributed by atoms with van der Waals surface area (Å²) in [5, 5.41) is 8.66. The lowest BCUT2D eigenvalue weighted by molar-refractivity contribution is 0.660. The number of rotatable bonds is 4. The molecule has 2 aromatic heterocycles. The highest BCUT2D eigenvalue weighted by Gasteiger charge is 2.36. The Balaban J connectivity index is 1.22. The number of nitrogens with zero attached hydrogens (tertiary/aromatic N) is 1. The highest BCUT2D eigenvalue weighted by Crippen LogP contribution is 2.51. The molecule has 0 atom stereocenters. The highest BCUT2D eigenvalue weighted by atomic mass is 16.3. The standard InChI is InChI=1S/C51H35BN2O/c1-51(2)40-19-9-6-16-32(40)36-26-30(24-25-41(36)51)35-27-39(49-50-48(35)34-18-7-11-21-44(34)54(50)45-22-12-10-20-42(45)52-49)37-28-38-33-17-8-13-23-46(33)55-47(38)29-43(37)53-31-14-4-3-5-15-31/h3-29,52-53H,1-2H3. The Morgan fingerprint density at radius 3 is 2.20 bits per heavy atom. The minimum Gasteiger partial charge on any atom is -0.456 e. The van der Waals surface area contributed by atoms with E-state index in [0.29, 0.717) is 0 Å². The molecule has 258 valence electrons. The molecular weight excluding hydrogens is 667 g/mol. The van der Waals surface area contributed by atoms with Crippen molar-refractivity contribution in [1.29, 1.82) is 0 Å². The lowest BCUT2D eigenvalue weighted by atomic mass is 9.58. The minimum absolute atomic E-state index is 0.0594. The molecule has 0 bridgehead atoms. The van der Waals surface area contributed by atoms with Crippen molar-refractivity contribution in [1.82, 2.24) is 4.57 Å². The van der Waals surface area contributed by atoms with Crippen LogP contribution < -0.4 is 16.2 Å². The van der Waals surface area contributed by atoms with Crippen LogP contribution in [-0.2, 0) is 5.41 Å². The number of aromatic nitrogens is 1. The van der Waals surface area contributed by atoms with Gasteiger partial charge in [-0.15, -0.1) is 0 Å². The van der Waals surface area contributed by atoms with Gasteiger partial charge in [0.25, 0.3) is 0 Å². The molecule has 0 fully saturated rings. The number of fused-ring (bicyclic) bond motifs is 11. The van der Waals surface area contributed by atoms with Crippen LogP contribution in [0.5, 0.6) is 0 Å². The van der Waals surface area contributed by atoms with Gasteiger partial charge in [0.15, 0.2) is 7.28 Å². The van der Waals surface area contributed by atoms with Crippen molar-refractivity contribution in [3.05, 3.63) is 175 Å². The summed E-state index contributed by atoms with van der Waals surface area (Å²) in [7, 11) is 0.833. The van der Waals surface area contributed by atoms with Crippen molar-refractivity contribution in [3.8, 4) is 39.1 Å². The molecule has 1 aliphatic carbocycles. The predicted octanol–water partition coefficient (Wildman–Crippen LogP) is 11.8. The molecular formula is C51H35BN2O. The first-order valence-corrected chi connectivity index (χ1v) is 19.2. The van der Waals surface area contributed by atoms with Gasteiger partial charge in [-0.3, -0.25) is 0 Å². The van der Waals surface area contributed by atoms with Crippen molar-refractivity contribution in [2.45, 2.75) is 19.3 Å². The monoisotopic (exact) mass is 702 g/mol. The maximum atomic E-state index is 6.50. The summed E-state index contributed by atoms with van der Waals surface area (Å²) >= 11 is 0. The second-order valence-electron chi connectivity index (χ2n) is 15.7. The molecule has 4 heteroatoms. The van der Waals surface area contributed by atoms with Crippen LogP contribution in [0.25, 0.3) is 82.8 Å². The van der Waals surface area contributed by atoms with Gasteiger partial charge in [-0.25, -0.2) is 0 Å². The molecule has 0 saturated carbocycles. The molecule has 1 N–H and O–H groups in total. The van der Waals surface area contributed by atoms with E-state index in [-0.39, 0.29) is 5.41 Å². The average Bonchev–Trinajstić information content (AvgIpc) is 3.84. The Hall–Kier alpha value is -6.78. The van der Waals surface area contributed by atoms with Gasteiger partial charge in [-0.05, 0) is 92.9 Å². The number of benzene rings is 8. The summed E-state index contributed by atoms with van der Waals surface area (Å²) in [4.78, 5) is 0. The molecule has 2 aliphatic rings. The van der Waals surface area contributed by atoms with Gasteiger partial charge in [0.05, 0.1) is 11.2 Å². The van der Waals surface area contributed by atoms with E-state index in [1.807, 2.05) is 6.07 Å². The van der Waals surface area contributed by atoms with Crippen molar-refractivity contribution in [2.75, 3.05) is 5.32 Å². The van der Waals surface area contributed by atoms with Crippen LogP contribution in [0.3, 0.4) is 0 Å². The fourth-order valence-electron chi connectivity index (χ4n) is 9.86. The largest absolute Gasteiger partial charge is 0.456 e. The maximum Gasteiger partial charge on any atom is 0.198 e. The van der Waals surface area contributed by atoms with Gasteiger partial charge in [-0.2, -0.15) is 0 Å². The van der Waals surface area contributed by atoms with E-state index >= 15 is 0 Å². The lowest BCUT2D eigenvalue weighted by Crippen LogP contribution is -2.37. The molecule has 0 unspecified atom stereocenters. The Labute approximate surface area is 319 Å². The number of hydrogen-bond donors (Lipinski definition) is 1. The molecule has 1 aliphatic heterocycles. The van der Waals surface area contributed by atoms with E-state index in [4.69, 9.17) is 4.42 Å². The molecule has 8 aromatic carbocycles. The Morgan fingerprint density at radius 1 is 0.545 bits per heavy atom. The molecule has 0 amide bonds. The first-order chi connectivity index (χ1) is 27.0. The quantitative estimate of drug-likeness (QED) is 0.185. The van der Waals surface area contributed by atoms with Crippen molar-refractivity contribution in [3.63, 3.8) is 0 Å². The van der Waals surface area contributed by atoms with Crippen LogP contribution in [0, 0.1) is 0 Å². The number of para-hydroxylation sites is 4. The topological polar surface area (TPSA) is 30.1 Å². The van der Waals surface area contributed by atoms with Gasteiger partial charge in [0.2, 0.25) is 0 Å². The molecule has 3 nitrogen and oxygen atoms in total. The third kappa shape index (κ3) is 4.28. The summed E-state index contributed by atoms with van der Waals surface area (Å²) in [6, 6.07) is 60.0. The fourth-order valence-corrected chi connectivity index (χ4v) is 9.86. The van der Waals surface area contributed by atoms with E-state index in [9.17, 15) is 0 Å². The summed E-state index contributed by atoms with van der Waals surface area (Å²) < 4.78 is 9.04. The van der Waals surface area contributed by atoms with Crippen molar-refractivity contribution >= 4 is 73.3 Å². The first-order valence-electron chi connectivity index (χ1n) is 19.2. The number of nitrogens with one attached hydrogen (secondary N) is 1. The third-order valence-electron chi connectivity index (χ3n) is 12.4. The second-order valence-corrected chi connectivity index (χ2v) is 15.7. The predicted molar refractivity (Wildman–Crippen MR) is 233 cm³/mol. The highest BCUT2D eigenvalue weighted by molar-refractivity contribution is 6.73. The fraction of sp³-hybridized carbons (Fsp3) is 0.0588. The van der Waals surface area contributed by atoms with Crippen LogP contribution in [0.4, 0.5) is 11.4 Å². The Kier molecular flexibility index (Phi) is 6.20. The Morgan fingerprint density at radius 2 is 1.29 bits per heavy atom. The molecule has 0 saturated heterocycles. The van der Waals surface area contributed by atoms with E-state index in [1.54, 1.807) is 0 Å². The van der Waals surface area contributed by atoms with Crippen LogP contribution >= 0.6 is 0 Å². The summed E-state index contributed by atoms with van der Waals surface area (Å²) in [6.07, 6.45) is 0. The summed E-state index contributed by atoms with van der Waals surface area (Å²) in [5.41, 5.74) is 20.5.